The molecule has 0 spiro atoms. The summed E-state index contributed by atoms with van der Waals surface area (Å²) < 4.78 is 26.9. The highest BCUT2D eigenvalue weighted by molar-refractivity contribution is 5.66. The van der Waals surface area contributed by atoms with Crippen molar-refractivity contribution in [2.45, 2.75) is 6.92 Å². The van der Waals surface area contributed by atoms with Crippen LogP contribution in [0.2, 0.25) is 0 Å². The van der Waals surface area contributed by atoms with Gasteiger partial charge in [0.2, 0.25) is 0 Å². The Hall–Kier alpha value is -1.90. The number of phenolic OH excluding ortho intramolecular Hbond substituents is 1. The van der Waals surface area contributed by atoms with E-state index in [2.05, 4.69) is 0 Å². The summed E-state index contributed by atoms with van der Waals surface area (Å²) in [6, 6.07) is 8.21. The van der Waals surface area contributed by atoms with Crippen molar-refractivity contribution >= 4 is 0 Å². The van der Waals surface area contributed by atoms with Gasteiger partial charge < -0.3 is 5.11 Å². The van der Waals surface area contributed by atoms with Gasteiger partial charge in [-0.1, -0.05) is 12.1 Å². The third-order valence-corrected chi connectivity index (χ3v) is 2.45. The zero-order chi connectivity index (χ0) is 11.7. The molecule has 0 bridgehead atoms. The highest BCUT2D eigenvalue weighted by Gasteiger charge is 2.11. The Labute approximate surface area is 92.0 Å². The van der Waals surface area contributed by atoms with E-state index in [9.17, 15) is 13.9 Å². The van der Waals surface area contributed by atoms with Gasteiger partial charge in [-0.2, -0.15) is 0 Å². The van der Waals surface area contributed by atoms with E-state index in [0.717, 1.165) is 0 Å². The number of halogens is 2. The normalized spacial score (nSPS) is 10.4. The van der Waals surface area contributed by atoms with E-state index in [1.165, 1.54) is 30.3 Å². The summed E-state index contributed by atoms with van der Waals surface area (Å²) in [5, 5.41) is 9.34. The van der Waals surface area contributed by atoms with Crippen molar-refractivity contribution in [1.29, 1.82) is 0 Å². The number of phenols is 1. The topological polar surface area (TPSA) is 20.2 Å². The van der Waals surface area contributed by atoms with Crippen molar-refractivity contribution in [1.82, 2.24) is 0 Å². The van der Waals surface area contributed by atoms with Crippen LogP contribution in [-0.4, -0.2) is 5.11 Å². The Morgan fingerprint density at radius 2 is 1.62 bits per heavy atom. The van der Waals surface area contributed by atoms with E-state index >= 15 is 0 Å². The van der Waals surface area contributed by atoms with Crippen LogP contribution in [0.25, 0.3) is 11.1 Å². The number of rotatable bonds is 1. The van der Waals surface area contributed by atoms with Gasteiger partial charge in [0.1, 0.15) is 17.4 Å². The average molecular weight is 220 g/mol. The first-order valence-electron chi connectivity index (χ1n) is 4.83. The van der Waals surface area contributed by atoms with Crippen LogP contribution in [0.3, 0.4) is 0 Å². The predicted octanol–water partition coefficient (Wildman–Crippen LogP) is 3.65. The first-order valence-corrected chi connectivity index (χ1v) is 4.83. The third kappa shape index (κ3) is 1.76. The van der Waals surface area contributed by atoms with Gasteiger partial charge in [-0.25, -0.2) is 8.78 Å². The second-order valence-corrected chi connectivity index (χ2v) is 3.60. The smallest absolute Gasteiger partial charge is 0.133 e. The maximum Gasteiger partial charge on any atom is 0.133 e. The molecule has 0 atom stereocenters. The largest absolute Gasteiger partial charge is 0.508 e. The number of aromatic hydroxyl groups is 1. The fourth-order valence-electron chi connectivity index (χ4n) is 1.58. The van der Waals surface area contributed by atoms with E-state index in [1.807, 2.05) is 0 Å². The molecule has 2 aromatic rings. The Kier molecular flexibility index (Phi) is 2.60. The molecule has 0 saturated carbocycles. The molecule has 0 aliphatic rings. The molecule has 0 aliphatic heterocycles. The quantitative estimate of drug-likeness (QED) is 0.777. The zero-order valence-corrected chi connectivity index (χ0v) is 8.67. The summed E-state index contributed by atoms with van der Waals surface area (Å²) in [5.41, 5.74) is 0.941. The number of hydrogen-bond donors (Lipinski definition) is 1. The van der Waals surface area contributed by atoms with E-state index in [4.69, 9.17) is 0 Å². The number of benzene rings is 2. The highest BCUT2D eigenvalue weighted by Crippen LogP contribution is 2.29. The molecule has 0 aromatic heterocycles. The molecule has 1 nitrogen and oxygen atoms in total. The molecule has 2 rings (SSSR count). The van der Waals surface area contributed by atoms with Crippen LogP contribution >= 0.6 is 0 Å². The van der Waals surface area contributed by atoms with Crippen molar-refractivity contribution in [3.63, 3.8) is 0 Å². The zero-order valence-electron chi connectivity index (χ0n) is 8.67. The van der Waals surface area contributed by atoms with Gasteiger partial charge in [-0.3, -0.25) is 0 Å². The lowest BCUT2D eigenvalue weighted by atomic mass is 10.0. The first kappa shape index (κ1) is 10.6. The summed E-state index contributed by atoms with van der Waals surface area (Å²) in [4.78, 5) is 0. The Bertz CT molecular complexity index is 515. The van der Waals surface area contributed by atoms with Crippen molar-refractivity contribution in [2.24, 2.45) is 0 Å². The third-order valence-electron chi connectivity index (χ3n) is 2.45. The summed E-state index contributed by atoms with van der Waals surface area (Å²) in [5.74, 6) is -1.10. The van der Waals surface area contributed by atoms with Crippen LogP contribution in [0, 0.1) is 18.6 Å². The molecule has 0 fully saturated rings. The molecule has 82 valence electrons. The molecule has 0 unspecified atom stereocenters. The SMILES string of the molecule is Cc1cc(-c2c(F)cccc2F)ccc1O. The van der Waals surface area contributed by atoms with Gasteiger partial charge in [0.05, 0.1) is 5.56 Å². The van der Waals surface area contributed by atoms with Gasteiger partial charge in [0, 0.05) is 0 Å². The number of aryl methyl sites for hydroxylation is 1. The summed E-state index contributed by atoms with van der Waals surface area (Å²) >= 11 is 0. The molecule has 0 saturated heterocycles. The van der Waals surface area contributed by atoms with Crippen LogP contribution in [0.15, 0.2) is 36.4 Å². The summed E-state index contributed by atoms with van der Waals surface area (Å²) in [7, 11) is 0. The first-order chi connectivity index (χ1) is 7.59. The minimum atomic E-state index is -0.606. The predicted molar refractivity (Wildman–Crippen MR) is 58.2 cm³/mol. The molecule has 16 heavy (non-hydrogen) atoms. The van der Waals surface area contributed by atoms with Crippen LogP contribution in [0.4, 0.5) is 8.78 Å². The van der Waals surface area contributed by atoms with E-state index in [-0.39, 0.29) is 11.3 Å². The molecular formula is C13H10F2O. The molecular weight excluding hydrogens is 210 g/mol. The molecule has 0 radical (unpaired) electrons. The Morgan fingerprint density at radius 3 is 2.19 bits per heavy atom. The summed E-state index contributed by atoms with van der Waals surface area (Å²) in [6.45, 7) is 1.68. The standard InChI is InChI=1S/C13H10F2O/c1-8-7-9(5-6-12(8)16)13-10(14)3-2-4-11(13)15/h2-7,16H,1H3. The molecule has 0 amide bonds. The lowest BCUT2D eigenvalue weighted by molar-refractivity contribution is 0.471. The fourth-order valence-corrected chi connectivity index (χ4v) is 1.58. The molecule has 2 aromatic carbocycles. The van der Waals surface area contributed by atoms with Crippen LogP contribution in [0.5, 0.6) is 5.75 Å². The van der Waals surface area contributed by atoms with Crippen molar-refractivity contribution in [3.8, 4) is 16.9 Å². The minimum Gasteiger partial charge on any atom is -0.508 e. The lowest BCUT2D eigenvalue weighted by Gasteiger charge is -2.06. The molecule has 0 aliphatic carbocycles. The van der Waals surface area contributed by atoms with Crippen molar-refractivity contribution in [3.05, 3.63) is 53.6 Å². The monoisotopic (exact) mass is 220 g/mol. The van der Waals surface area contributed by atoms with Gasteiger partial charge >= 0.3 is 0 Å². The highest BCUT2D eigenvalue weighted by atomic mass is 19.1. The Balaban J connectivity index is 2.63. The van der Waals surface area contributed by atoms with Crippen LogP contribution in [-0.2, 0) is 0 Å². The second-order valence-electron chi connectivity index (χ2n) is 3.60. The van der Waals surface area contributed by atoms with Gasteiger partial charge in [0.25, 0.3) is 0 Å². The van der Waals surface area contributed by atoms with E-state index < -0.39 is 11.6 Å². The second kappa shape index (κ2) is 3.93. The minimum absolute atomic E-state index is 0.0643. The van der Waals surface area contributed by atoms with Gasteiger partial charge in [0.15, 0.2) is 0 Å². The van der Waals surface area contributed by atoms with Gasteiger partial charge in [-0.05, 0) is 42.3 Å². The maximum absolute atomic E-state index is 13.5. The van der Waals surface area contributed by atoms with Crippen LogP contribution in [0.1, 0.15) is 5.56 Å². The van der Waals surface area contributed by atoms with Crippen molar-refractivity contribution in [2.75, 3.05) is 0 Å². The molecule has 0 heterocycles. The number of hydrogen-bond acceptors (Lipinski definition) is 1. The van der Waals surface area contributed by atoms with Gasteiger partial charge in [-0.15, -0.1) is 0 Å². The molecule has 1 N–H and O–H groups in total. The average Bonchev–Trinajstić information content (AvgIpc) is 2.23. The molecule has 3 heteroatoms. The lowest BCUT2D eigenvalue weighted by Crippen LogP contribution is -1.90. The fraction of sp³-hybridized carbons (Fsp3) is 0.0769. The maximum atomic E-state index is 13.5. The van der Waals surface area contributed by atoms with E-state index in [1.54, 1.807) is 13.0 Å². The van der Waals surface area contributed by atoms with Crippen molar-refractivity contribution < 1.29 is 13.9 Å². The summed E-state index contributed by atoms with van der Waals surface area (Å²) in [6.07, 6.45) is 0. The van der Waals surface area contributed by atoms with E-state index in [0.29, 0.717) is 11.1 Å². The Morgan fingerprint density at radius 1 is 1.00 bits per heavy atom. The van der Waals surface area contributed by atoms with Crippen LogP contribution < -0.4 is 0 Å².